The maximum Gasteiger partial charge on any atom is 0.305 e. The van der Waals surface area contributed by atoms with E-state index in [9.17, 15) is 19.8 Å². The van der Waals surface area contributed by atoms with E-state index in [1.54, 1.807) is 0 Å². The van der Waals surface area contributed by atoms with E-state index in [0.29, 0.717) is 25.9 Å². The minimum atomic E-state index is -0.661. The van der Waals surface area contributed by atoms with Crippen LogP contribution in [0.15, 0.2) is 24.3 Å². The van der Waals surface area contributed by atoms with Crippen molar-refractivity contribution in [2.24, 2.45) is 0 Å². The van der Waals surface area contributed by atoms with Gasteiger partial charge in [0.05, 0.1) is 25.4 Å². The minimum Gasteiger partial charge on any atom is -0.466 e. The van der Waals surface area contributed by atoms with E-state index < -0.39 is 12.1 Å². The lowest BCUT2D eigenvalue weighted by Crippen LogP contribution is -2.45. The Labute approximate surface area is 431 Å². The third-order valence-electron chi connectivity index (χ3n) is 14.5. The molecular formula is C63H121NO5. The van der Waals surface area contributed by atoms with Gasteiger partial charge in [-0.05, 0) is 77.0 Å². The highest BCUT2D eigenvalue weighted by Crippen LogP contribution is 2.17. The molecule has 0 aromatic heterocycles. The number of nitrogens with one attached hydrogen (secondary N) is 1. The summed E-state index contributed by atoms with van der Waals surface area (Å²) in [4.78, 5) is 24.4. The first-order valence-electron chi connectivity index (χ1n) is 31.1. The normalized spacial score (nSPS) is 12.7. The van der Waals surface area contributed by atoms with Crippen molar-refractivity contribution in [3.05, 3.63) is 24.3 Å². The lowest BCUT2D eigenvalue weighted by molar-refractivity contribution is -0.143. The van der Waals surface area contributed by atoms with Crippen molar-refractivity contribution in [1.29, 1.82) is 0 Å². The van der Waals surface area contributed by atoms with Crippen molar-refractivity contribution < 1.29 is 24.5 Å². The quantitative estimate of drug-likeness (QED) is 0.0321. The van der Waals surface area contributed by atoms with E-state index in [2.05, 4.69) is 43.5 Å². The van der Waals surface area contributed by atoms with Crippen LogP contribution in [-0.4, -0.2) is 47.4 Å². The van der Waals surface area contributed by atoms with E-state index in [1.807, 2.05) is 0 Å². The van der Waals surface area contributed by atoms with Gasteiger partial charge in [0.25, 0.3) is 0 Å². The van der Waals surface area contributed by atoms with Crippen LogP contribution in [0.2, 0.25) is 0 Å². The average Bonchev–Trinajstić information content (AvgIpc) is 3.35. The van der Waals surface area contributed by atoms with Gasteiger partial charge in [0.2, 0.25) is 5.91 Å². The lowest BCUT2D eigenvalue weighted by atomic mass is 10.0. The number of rotatable bonds is 58. The van der Waals surface area contributed by atoms with E-state index in [0.717, 1.165) is 44.9 Å². The molecule has 1 amide bonds. The fourth-order valence-electron chi connectivity index (χ4n) is 9.69. The molecule has 0 bridgehead atoms. The number of carbonyl (C=O) groups is 2. The molecule has 6 nitrogen and oxygen atoms in total. The number of aliphatic hydroxyl groups excluding tert-OH is 2. The van der Waals surface area contributed by atoms with Crippen LogP contribution in [0.25, 0.3) is 0 Å². The van der Waals surface area contributed by atoms with Crippen molar-refractivity contribution in [3.8, 4) is 0 Å². The van der Waals surface area contributed by atoms with Crippen LogP contribution in [0.5, 0.6) is 0 Å². The molecule has 0 aliphatic carbocycles. The summed E-state index contributed by atoms with van der Waals surface area (Å²) in [6, 6.07) is -0.539. The predicted octanol–water partition coefficient (Wildman–Crippen LogP) is 19.4. The molecule has 2 unspecified atom stereocenters. The number of carbonyl (C=O) groups excluding carboxylic acids is 2. The number of allylic oxidation sites excluding steroid dienone is 4. The van der Waals surface area contributed by atoms with Crippen LogP contribution in [0.3, 0.4) is 0 Å². The maximum atomic E-state index is 12.4. The van der Waals surface area contributed by atoms with Gasteiger partial charge in [-0.15, -0.1) is 0 Å². The maximum absolute atomic E-state index is 12.4. The molecule has 0 radical (unpaired) electrons. The molecule has 0 rings (SSSR count). The van der Waals surface area contributed by atoms with Gasteiger partial charge in [-0.2, -0.15) is 0 Å². The second kappa shape index (κ2) is 58.9. The molecule has 2 atom stereocenters. The highest BCUT2D eigenvalue weighted by atomic mass is 16.5. The van der Waals surface area contributed by atoms with Crippen LogP contribution in [0.4, 0.5) is 0 Å². The van der Waals surface area contributed by atoms with Gasteiger partial charge in [0.1, 0.15) is 0 Å². The Morgan fingerprint density at radius 3 is 1.06 bits per heavy atom. The highest BCUT2D eigenvalue weighted by Gasteiger charge is 2.20. The Morgan fingerprint density at radius 2 is 0.681 bits per heavy atom. The number of hydrogen-bond donors (Lipinski definition) is 3. The second-order valence-electron chi connectivity index (χ2n) is 21.4. The van der Waals surface area contributed by atoms with Crippen molar-refractivity contribution in [2.75, 3.05) is 13.2 Å². The summed E-state index contributed by atoms with van der Waals surface area (Å²) < 4.78 is 5.47. The zero-order valence-corrected chi connectivity index (χ0v) is 46.6. The van der Waals surface area contributed by atoms with Gasteiger partial charge >= 0.3 is 5.97 Å². The van der Waals surface area contributed by atoms with Gasteiger partial charge in [0, 0.05) is 12.8 Å². The molecule has 0 aliphatic heterocycles. The van der Waals surface area contributed by atoms with E-state index in [1.165, 1.54) is 263 Å². The molecule has 0 saturated heterocycles. The van der Waals surface area contributed by atoms with Crippen molar-refractivity contribution >= 4 is 11.9 Å². The molecule has 69 heavy (non-hydrogen) atoms. The van der Waals surface area contributed by atoms with E-state index in [4.69, 9.17) is 4.74 Å². The third kappa shape index (κ3) is 55.5. The molecule has 0 heterocycles. The molecule has 0 aromatic carbocycles. The zero-order valence-electron chi connectivity index (χ0n) is 46.6. The van der Waals surface area contributed by atoms with Gasteiger partial charge in [-0.25, -0.2) is 0 Å². The van der Waals surface area contributed by atoms with Crippen LogP contribution in [0.1, 0.15) is 341 Å². The average molecular weight is 973 g/mol. The topological polar surface area (TPSA) is 95.9 Å². The van der Waals surface area contributed by atoms with Crippen molar-refractivity contribution in [3.63, 3.8) is 0 Å². The van der Waals surface area contributed by atoms with Crippen LogP contribution < -0.4 is 5.32 Å². The molecule has 0 spiro atoms. The summed E-state index contributed by atoms with van der Waals surface area (Å²) in [5.41, 5.74) is 0. The van der Waals surface area contributed by atoms with Crippen LogP contribution in [0, 0.1) is 0 Å². The van der Waals surface area contributed by atoms with Gasteiger partial charge in [-0.3, -0.25) is 9.59 Å². The Bertz CT molecular complexity index is 1080. The van der Waals surface area contributed by atoms with Crippen molar-refractivity contribution in [1.82, 2.24) is 5.32 Å². The van der Waals surface area contributed by atoms with Gasteiger partial charge < -0.3 is 20.3 Å². The first-order valence-corrected chi connectivity index (χ1v) is 31.1. The SMILES string of the molecule is CCCCC/C=C\CCCCCCCC(=O)OCCCCCCCCCCCCCC/C=C\CCCCCCCCCCCCCCCC(=O)NC(CO)C(O)CCCCCCCCCCCCC. The molecule has 0 saturated carbocycles. The molecule has 0 aliphatic rings. The van der Waals surface area contributed by atoms with Crippen LogP contribution in [-0.2, 0) is 14.3 Å². The number of hydrogen-bond acceptors (Lipinski definition) is 5. The van der Waals surface area contributed by atoms with E-state index in [-0.39, 0.29) is 18.5 Å². The number of unbranched alkanes of at least 4 members (excludes halogenated alkanes) is 43. The Hall–Kier alpha value is -1.66. The highest BCUT2D eigenvalue weighted by molar-refractivity contribution is 5.76. The fraction of sp³-hybridized carbons (Fsp3) is 0.905. The van der Waals surface area contributed by atoms with Crippen molar-refractivity contribution in [2.45, 2.75) is 353 Å². The fourth-order valence-corrected chi connectivity index (χ4v) is 9.69. The molecular weight excluding hydrogens is 851 g/mol. The first kappa shape index (κ1) is 67.3. The number of aliphatic hydroxyl groups is 2. The Balaban J connectivity index is 3.35. The smallest absolute Gasteiger partial charge is 0.305 e. The molecule has 3 N–H and O–H groups in total. The summed E-state index contributed by atoms with van der Waals surface area (Å²) in [5, 5.41) is 23.2. The van der Waals surface area contributed by atoms with E-state index >= 15 is 0 Å². The monoisotopic (exact) mass is 972 g/mol. The largest absolute Gasteiger partial charge is 0.466 e. The van der Waals surface area contributed by atoms with Gasteiger partial charge in [-0.1, -0.05) is 276 Å². The summed E-state index contributed by atoms with van der Waals surface area (Å²) in [7, 11) is 0. The second-order valence-corrected chi connectivity index (χ2v) is 21.4. The summed E-state index contributed by atoms with van der Waals surface area (Å²) in [5.74, 6) is -0.0276. The molecule has 408 valence electrons. The van der Waals surface area contributed by atoms with Gasteiger partial charge in [0.15, 0.2) is 0 Å². The number of amides is 1. The lowest BCUT2D eigenvalue weighted by Gasteiger charge is -2.22. The molecule has 0 fully saturated rings. The molecule has 6 heteroatoms. The Morgan fingerprint density at radius 1 is 0.391 bits per heavy atom. The Kier molecular flexibility index (Phi) is 57.5. The molecule has 0 aromatic rings. The zero-order chi connectivity index (χ0) is 50.0. The van der Waals surface area contributed by atoms with Crippen LogP contribution >= 0.6 is 0 Å². The summed E-state index contributed by atoms with van der Waals surface area (Å²) in [6.45, 7) is 4.93. The summed E-state index contributed by atoms with van der Waals surface area (Å²) >= 11 is 0. The minimum absolute atomic E-state index is 0.00645. The third-order valence-corrected chi connectivity index (χ3v) is 14.5. The first-order chi connectivity index (χ1) is 34.0. The number of ether oxygens (including phenoxy) is 1. The standard InChI is InChI=1S/C63H121NO5/c1-3-5-7-9-11-13-15-37-41-45-49-53-57-63(68)69-58-54-50-46-42-38-34-32-30-28-26-24-22-20-18-16-17-19-21-23-25-27-29-31-33-36-40-44-48-52-56-62(67)64-60(59-65)61(66)55-51-47-43-39-35-14-12-10-8-6-4-2/h11,13,16,18,60-61,65-66H,3-10,12,14-15,17,19-59H2,1-2H3,(H,64,67)/b13-11-,18-16-. The number of esters is 1. The summed E-state index contributed by atoms with van der Waals surface area (Å²) in [6.07, 6.45) is 72.0. The predicted molar refractivity (Wildman–Crippen MR) is 301 cm³/mol.